The molecule has 1 aliphatic heterocycles. The molecule has 1 atom stereocenters. The highest BCUT2D eigenvalue weighted by Gasteiger charge is 2.25. The summed E-state index contributed by atoms with van der Waals surface area (Å²) in [4.78, 5) is 17.1. The minimum absolute atomic E-state index is 0.123. The normalized spacial score (nSPS) is 15.4. The Labute approximate surface area is 197 Å². The van der Waals surface area contributed by atoms with Crippen molar-refractivity contribution in [3.05, 3.63) is 54.1 Å². The molecule has 2 aromatic carbocycles. The van der Waals surface area contributed by atoms with Crippen LogP contribution in [0.15, 0.2) is 53.4 Å². The minimum atomic E-state index is -3.49. The molecule has 1 heterocycles. The zero-order valence-corrected chi connectivity index (χ0v) is 20.6. The average Bonchev–Trinajstić information content (AvgIpc) is 2.84. The number of piperazine rings is 1. The van der Waals surface area contributed by atoms with Crippen LogP contribution in [0.3, 0.4) is 0 Å². The fourth-order valence-electron chi connectivity index (χ4n) is 4.04. The van der Waals surface area contributed by atoms with E-state index >= 15 is 0 Å². The lowest BCUT2D eigenvalue weighted by Crippen LogP contribution is -2.52. The van der Waals surface area contributed by atoms with E-state index in [0.717, 1.165) is 30.1 Å². The van der Waals surface area contributed by atoms with Gasteiger partial charge in [0.25, 0.3) is 0 Å². The number of sulfonamides is 1. The molecule has 0 saturated carbocycles. The summed E-state index contributed by atoms with van der Waals surface area (Å²) < 4.78 is 32.2. The summed E-state index contributed by atoms with van der Waals surface area (Å²) in [5.41, 5.74) is 1.89. The van der Waals surface area contributed by atoms with Gasteiger partial charge >= 0.3 is 6.03 Å². The van der Waals surface area contributed by atoms with E-state index in [1.807, 2.05) is 49.9 Å². The number of methoxy groups -OCH3 is 1. The van der Waals surface area contributed by atoms with Crippen molar-refractivity contribution in [3.63, 3.8) is 0 Å². The predicted octanol–water partition coefficient (Wildman–Crippen LogP) is 3.32. The van der Waals surface area contributed by atoms with Crippen LogP contribution in [0, 0.1) is 0 Å². The van der Waals surface area contributed by atoms with E-state index in [2.05, 4.69) is 10.2 Å². The number of hydrogen-bond acceptors (Lipinski definition) is 5. The second kappa shape index (κ2) is 10.9. The molecule has 2 aromatic rings. The van der Waals surface area contributed by atoms with Crippen LogP contribution in [0.5, 0.6) is 5.75 Å². The molecular weight excluding hydrogens is 440 g/mol. The molecule has 0 unspecified atom stereocenters. The Kier molecular flexibility index (Phi) is 8.20. The van der Waals surface area contributed by atoms with Crippen LogP contribution in [0.25, 0.3) is 0 Å². The van der Waals surface area contributed by atoms with Gasteiger partial charge in [-0.15, -0.1) is 0 Å². The van der Waals surface area contributed by atoms with Crippen molar-refractivity contribution in [2.24, 2.45) is 0 Å². The van der Waals surface area contributed by atoms with Gasteiger partial charge < -0.3 is 19.9 Å². The third-order valence-electron chi connectivity index (χ3n) is 6.06. The summed E-state index contributed by atoms with van der Waals surface area (Å²) in [5.74, 6) is 0.829. The molecule has 0 spiro atoms. The number of ether oxygens (including phenoxy) is 1. The highest BCUT2D eigenvalue weighted by Crippen LogP contribution is 2.28. The monoisotopic (exact) mass is 474 g/mol. The van der Waals surface area contributed by atoms with Gasteiger partial charge in [0.2, 0.25) is 10.0 Å². The van der Waals surface area contributed by atoms with Crippen LogP contribution in [-0.2, 0) is 10.0 Å². The molecule has 0 bridgehead atoms. The Morgan fingerprint density at radius 3 is 2.21 bits per heavy atom. The molecule has 9 heteroatoms. The number of urea groups is 1. The van der Waals surface area contributed by atoms with Gasteiger partial charge in [0.15, 0.2) is 0 Å². The number of rotatable bonds is 8. The van der Waals surface area contributed by atoms with E-state index in [-0.39, 0.29) is 17.0 Å². The van der Waals surface area contributed by atoms with E-state index in [1.165, 1.54) is 4.31 Å². The Balaban J connectivity index is 1.58. The number of para-hydroxylation sites is 2. The number of nitrogens with zero attached hydrogens (tertiary/aromatic N) is 3. The van der Waals surface area contributed by atoms with Gasteiger partial charge in [0.1, 0.15) is 5.75 Å². The molecule has 1 N–H and O–H groups in total. The summed E-state index contributed by atoms with van der Waals surface area (Å²) in [6.45, 7) is 9.06. The van der Waals surface area contributed by atoms with Gasteiger partial charge in [-0.05, 0) is 36.8 Å². The molecule has 0 aliphatic carbocycles. The van der Waals surface area contributed by atoms with Crippen LogP contribution in [0.2, 0.25) is 0 Å². The van der Waals surface area contributed by atoms with Crippen molar-refractivity contribution in [3.8, 4) is 5.75 Å². The van der Waals surface area contributed by atoms with E-state index in [4.69, 9.17) is 4.74 Å². The molecule has 0 radical (unpaired) electrons. The Morgan fingerprint density at radius 2 is 1.64 bits per heavy atom. The Hall–Kier alpha value is -2.78. The van der Waals surface area contributed by atoms with Gasteiger partial charge in [0.05, 0.1) is 23.7 Å². The lowest BCUT2D eigenvalue weighted by atomic mass is 10.1. The highest BCUT2D eigenvalue weighted by atomic mass is 32.2. The van der Waals surface area contributed by atoms with Crippen molar-refractivity contribution >= 4 is 21.7 Å². The minimum Gasteiger partial charge on any atom is -0.495 e. The van der Waals surface area contributed by atoms with Crippen LogP contribution >= 0.6 is 0 Å². The van der Waals surface area contributed by atoms with Gasteiger partial charge in [-0.3, -0.25) is 0 Å². The number of nitrogens with one attached hydrogen (secondary N) is 1. The second-order valence-electron chi connectivity index (χ2n) is 7.98. The number of benzene rings is 2. The van der Waals surface area contributed by atoms with Crippen molar-refractivity contribution in [1.29, 1.82) is 0 Å². The first-order valence-electron chi connectivity index (χ1n) is 11.3. The number of amides is 2. The first-order chi connectivity index (χ1) is 15.8. The highest BCUT2D eigenvalue weighted by molar-refractivity contribution is 7.89. The molecule has 0 aromatic heterocycles. The lowest BCUT2D eigenvalue weighted by Gasteiger charge is -2.37. The molecule has 2 amide bonds. The molecule has 3 rings (SSSR count). The zero-order chi connectivity index (χ0) is 24.0. The van der Waals surface area contributed by atoms with E-state index in [9.17, 15) is 13.2 Å². The van der Waals surface area contributed by atoms with Crippen molar-refractivity contribution < 1.29 is 17.9 Å². The standard InChI is InChI=1S/C24H34N4O4S/c1-5-28(6-2)33(30,31)21-13-11-20(12-14-21)19(3)25-24(29)27-17-15-26(16-18-27)22-9-7-8-10-23(22)32-4/h7-14,19H,5-6,15-18H2,1-4H3,(H,25,29)/t19-/m0/s1. The number of carbonyl (C=O) groups excluding carboxylic acids is 1. The molecular formula is C24H34N4O4S. The molecule has 1 aliphatic rings. The van der Waals surface area contributed by atoms with Gasteiger partial charge in [0, 0.05) is 39.3 Å². The van der Waals surface area contributed by atoms with Gasteiger partial charge in [-0.2, -0.15) is 4.31 Å². The summed E-state index contributed by atoms with van der Waals surface area (Å²) in [6.07, 6.45) is 0. The average molecular weight is 475 g/mol. The number of carbonyl (C=O) groups is 1. The van der Waals surface area contributed by atoms with Crippen LogP contribution < -0.4 is 15.0 Å². The predicted molar refractivity (Wildman–Crippen MR) is 130 cm³/mol. The van der Waals surface area contributed by atoms with Crippen LogP contribution in [0.1, 0.15) is 32.4 Å². The first kappa shape index (κ1) is 24.9. The van der Waals surface area contributed by atoms with Crippen molar-refractivity contribution in [2.75, 3.05) is 51.3 Å². The maximum Gasteiger partial charge on any atom is 0.317 e. The maximum absolute atomic E-state index is 12.8. The summed E-state index contributed by atoms with van der Waals surface area (Å²) in [7, 11) is -1.83. The Bertz CT molecular complexity index is 1030. The summed E-state index contributed by atoms with van der Waals surface area (Å²) in [5, 5.41) is 3.03. The van der Waals surface area contributed by atoms with Gasteiger partial charge in [-0.1, -0.05) is 38.1 Å². The largest absolute Gasteiger partial charge is 0.495 e. The number of hydrogen-bond donors (Lipinski definition) is 1. The Morgan fingerprint density at radius 1 is 1.03 bits per heavy atom. The molecule has 8 nitrogen and oxygen atoms in total. The molecule has 33 heavy (non-hydrogen) atoms. The third-order valence-corrected chi connectivity index (χ3v) is 8.12. The van der Waals surface area contributed by atoms with E-state index in [0.29, 0.717) is 26.2 Å². The van der Waals surface area contributed by atoms with Crippen LogP contribution in [0.4, 0.5) is 10.5 Å². The summed E-state index contributed by atoms with van der Waals surface area (Å²) in [6, 6.07) is 14.3. The lowest BCUT2D eigenvalue weighted by molar-refractivity contribution is 0.191. The SMILES string of the molecule is CCN(CC)S(=O)(=O)c1ccc([C@H](C)NC(=O)N2CCN(c3ccccc3OC)CC2)cc1. The third kappa shape index (κ3) is 5.59. The number of anilines is 1. The van der Waals surface area contributed by atoms with Crippen molar-refractivity contribution in [2.45, 2.75) is 31.7 Å². The van der Waals surface area contributed by atoms with E-state index < -0.39 is 10.0 Å². The first-order valence-corrected chi connectivity index (χ1v) is 12.8. The van der Waals surface area contributed by atoms with Gasteiger partial charge in [-0.25, -0.2) is 13.2 Å². The quantitative estimate of drug-likeness (QED) is 0.635. The van der Waals surface area contributed by atoms with E-state index in [1.54, 1.807) is 31.4 Å². The summed E-state index contributed by atoms with van der Waals surface area (Å²) >= 11 is 0. The molecule has 180 valence electrons. The molecule has 1 saturated heterocycles. The fraction of sp³-hybridized carbons (Fsp3) is 0.458. The van der Waals surface area contributed by atoms with Crippen molar-refractivity contribution in [1.82, 2.24) is 14.5 Å². The fourth-order valence-corrected chi connectivity index (χ4v) is 5.50. The van der Waals surface area contributed by atoms with Crippen LogP contribution in [-0.4, -0.2) is 70.0 Å². The smallest absolute Gasteiger partial charge is 0.317 e. The maximum atomic E-state index is 12.8. The second-order valence-corrected chi connectivity index (χ2v) is 9.91. The molecule has 1 fully saturated rings. The topological polar surface area (TPSA) is 82.2 Å². The zero-order valence-electron chi connectivity index (χ0n) is 19.8.